The molecule has 0 radical (unpaired) electrons. The third kappa shape index (κ3) is 2.80. The van der Waals surface area contributed by atoms with Crippen molar-refractivity contribution in [1.29, 1.82) is 0 Å². The molecule has 2 unspecified atom stereocenters. The first-order valence-corrected chi connectivity index (χ1v) is 7.16. The average molecular weight is 265 g/mol. The van der Waals surface area contributed by atoms with Crippen LogP contribution in [0.25, 0.3) is 0 Å². The van der Waals surface area contributed by atoms with Crippen LogP contribution in [-0.4, -0.2) is 34.7 Å². The molecule has 2 rings (SSSR count). The Kier molecular flexibility index (Phi) is 3.85. The minimum Gasteiger partial charge on any atom is -0.478 e. The molecular formula is C14H19NO2S. The van der Waals surface area contributed by atoms with Gasteiger partial charge in [0.25, 0.3) is 0 Å². The van der Waals surface area contributed by atoms with Crippen molar-refractivity contribution in [1.82, 2.24) is 0 Å². The summed E-state index contributed by atoms with van der Waals surface area (Å²) in [5.41, 5.74) is 2.36. The monoisotopic (exact) mass is 265 g/mol. The number of benzene rings is 1. The van der Waals surface area contributed by atoms with E-state index >= 15 is 0 Å². The molecule has 0 aromatic heterocycles. The highest BCUT2D eigenvalue weighted by molar-refractivity contribution is 8.00. The summed E-state index contributed by atoms with van der Waals surface area (Å²) in [4.78, 5) is 13.3. The summed E-state index contributed by atoms with van der Waals surface area (Å²) in [6.07, 6.45) is 0. The van der Waals surface area contributed by atoms with Gasteiger partial charge in [-0.1, -0.05) is 13.8 Å². The zero-order chi connectivity index (χ0) is 13.3. The highest BCUT2D eigenvalue weighted by Gasteiger charge is 2.22. The molecular weight excluding hydrogens is 246 g/mol. The van der Waals surface area contributed by atoms with Crippen LogP contribution in [0, 0.1) is 6.92 Å². The Morgan fingerprint density at radius 2 is 1.94 bits per heavy atom. The van der Waals surface area contributed by atoms with E-state index in [-0.39, 0.29) is 0 Å². The van der Waals surface area contributed by atoms with Crippen molar-refractivity contribution in [2.75, 3.05) is 18.0 Å². The Labute approximate surface area is 112 Å². The van der Waals surface area contributed by atoms with Crippen molar-refractivity contribution in [3.63, 3.8) is 0 Å². The van der Waals surface area contributed by atoms with Gasteiger partial charge in [0.15, 0.2) is 0 Å². The van der Waals surface area contributed by atoms with E-state index in [0.29, 0.717) is 16.1 Å². The molecule has 18 heavy (non-hydrogen) atoms. The minimum atomic E-state index is -0.852. The number of nitrogens with zero attached hydrogens (tertiary/aromatic N) is 1. The molecule has 4 heteroatoms. The van der Waals surface area contributed by atoms with E-state index in [4.69, 9.17) is 5.11 Å². The third-order valence-corrected chi connectivity index (χ3v) is 4.45. The first-order chi connectivity index (χ1) is 8.47. The van der Waals surface area contributed by atoms with Gasteiger partial charge in [-0.3, -0.25) is 0 Å². The topological polar surface area (TPSA) is 40.5 Å². The van der Waals surface area contributed by atoms with Crippen LogP contribution in [0.15, 0.2) is 18.2 Å². The fraction of sp³-hybridized carbons (Fsp3) is 0.500. The Hall–Kier alpha value is -1.16. The molecule has 0 spiro atoms. The Morgan fingerprint density at radius 3 is 2.44 bits per heavy atom. The number of hydrogen-bond acceptors (Lipinski definition) is 3. The summed E-state index contributed by atoms with van der Waals surface area (Å²) in [5, 5.41) is 10.3. The van der Waals surface area contributed by atoms with Gasteiger partial charge in [0.2, 0.25) is 0 Å². The van der Waals surface area contributed by atoms with Gasteiger partial charge < -0.3 is 10.0 Å². The van der Waals surface area contributed by atoms with Crippen molar-refractivity contribution in [2.45, 2.75) is 31.3 Å². The number of rotatable bonds is 2. The summed E-state index contributed by atoms with van der Waals surface area (Å²) in [5.74, 6) is -0.852. The van der Waals surface area contributed by atoms with Gasteiger partial charge >= 0.3 is 5.97 Å². The molecule has 1 heterocycles. The highest BCUT2D eigenvalue weighted by Crippen LogP contribution is 2.29. The predicted octanol–water partition coefficient (Wildman–Crippen LogP) is 3.02. The van der Waals surface area contributed by atoms with Gasteiger partial charge in [-0.05, 0) is 30.7 Å². The van der Waals surface area contributed by atoms with Crippen molar-refractivity contribution in [3.05, 3.63) is 29.3 Å². The molecule has 1 aliphatic heterocycles. The molecule has 0 saturated carbocycles. The second-order valence-electron chi connectivity index (χ2n) is 4.97. The molecule has 1 N–H and O–H groups in total. The first kappa shape index (κ1) is 13.3. The zero-order valence-electron chi connectivity index (χ0n) is 11.0. The van der Waals surface area contributed by atoms with E-state index in [2.05, 4.69) is 18.7 Å². The van der Waals surface area contributed by atoms with Crippen LogP contribution in [0.3, 0.4) is 0 Å². The molecule has 1 aromatic rings. The maximum Gasteiger partial charge on any atom is 0.335 e. The molecule has 1 aliphatic rings. The van der Waals surface area contributed by atoms with Gasteiger partial charge in [-0.25, -0.2) is 4.79 Å². The van der Waals surface area contributed by atoms with E-state index in [1.807, 2.05) is 30.8 Å². The van der Waals surface area contributed by atoms with E-state index in [1.165, 1.54) is 0 Å². The second kappa shape index (κ2) is 5.22. The molecule has 2 atom stereocenters. The van der Waals surface area contributed by atoms with Gasteiger partial charge in [-0.15, -0.1) is 0 Å². The van der Waals surface area contributed by atoms with Gasteiger partial charge in [0.1, 0.15) is 0 Å². The number of carboxylic acid groups (broad SMARTS) is 1. The molecule has 1 saturated heterocycles. The Bertz CT molecular complexity index is 451. The normalized spacial score (nSPS) is 24.1. The maximum atomic E-state index is 11.0. The summed E-state index contributed by atoms with van der Waals surface area (Å²) < 4.78 is 0. The SMILES string of the molecule is Cc1cc(N2CC(C)SC(C)C2)ccc1C(=O)O. The third-order valence-electron chi connectivity index (χ3n) is 3.23. The molecule has 1 aromatic carbocycles. The summed E-state index contributed by atoms with van der Waals surface area (Å²) in [7, 11) is 0. The molecule has 3 nitrogen and oxygen atoms in total. The number of thioether (sulfide) groups is 1. The lowest BCUT2D eigenvalue weighted by molar-refractivity contribution is 0.0696. The van der Waals surface area contributed by atoms with E-state index in [1.54, 1.807) is 6.07 Å². The van der Waals surface area contributed by atoms with Crippen LogP contribution in [0.4, 0.5) is 5.69 Å². The van der Waals surface area contributed by atoms with E-state index in [0.717, 1.165) is 24.3 Å². The fourth-order valence-electron chi connectivity index (χ4n) is 2.47. The lowest BCUT2D eigenvalue weighted by Crippen LogP contribution is -2.40. The van der Waals surface area contributed by atoms with Crippen molar-refractivity contribution in [3.8, 4) is 0 Å². The summed E-state index contributed by atoms with van der Waals surface area (Å²) >= 11 is 2.02. The average Bonchev–Trinajstić information content (AvgIpc) is 2.26. The van der Waals surface area contributed by atoms with E-state index < -0.39 is 5.97 Å². The van der Waals surface area contributed by atoms with Crippen LogP contribution in [0.5, 0.6) is 0 Å². The number of aryl methyl sites for hydroxylation is 1. The first-order valence-electron chi connectivity index (χ1n) is 6.21. The fourth-order valence-corrected chi connectivity index (χ4v) is 3.80. The van der Waals surface area contributed by atoms with Gasteiger partial charge in [0, 0.05) is 29.3 Å². The number of carboxylic acids is 1. The molecule has 0 bridgehead atoms. The van der Waals surface area contributed by atoms with Crippen molar-refractivity contribution in [2.24, 2.45) is 0 Å². The zero-order valence-corrected chi connectivity index (χ0v) is 11.8. The summed E-state index contributed by atoms with van der Waals surface area (Å²) in [6.45, 7) is 8.40. The van der Waals surface area contributed by atoms with Crippen LogP contribution >= 0.6 is 11.8 Å². The van der Waals surface area contributed by atoms with E-state index in [9.17, 15) is 4.79 Å². The largest absolute Gasteiger partial charge is 0.478 e. The number of hydrogen-bond donors (Lipinski definition) is 1. The maximum absolute atomic E-state index is 11.0. The standard InChI is InChI=1S/C14H19NO2S/c1-9-6-12(4-5-13(9)14(16)17)15-7-10(2)18-11(3)8-15/h4-6,10-11H,7-8H2,1-3H3,(H,16,17). The molecule has 98 valence electrons. The number of aromatic carboxylic acids is 1. The van der Waals surface area contributed by atoms with Gasteiger partial charge in [-0.2, -0.15) is 11.8 Å². The number of anilines is 1. The Morgan fingerprint density at radius 1 is 1.33 bits per heavy atom. The van der Waals surface area contributed by atoms with Crippen LogP contribution in [-0.2, 0) is 0 Å². The van der Waals surface area contributed by atoms with Crippen LogP contribution < -0.4 is 4.90 Å². The second-order valence-corrected chi connectivity index (χ2v) is 6.85. The highest BCUT2D eigenvalue weighted by atomic mass is 32.2. The minimum absolute atomic E-state index is 0.395. The molecule has 1 fully saturated rings. The van der Waals surface area contributed by atoms with Crippen molar-refractivity contribution >= 4 is 23.4 Å². The Balaban J connectivity index is 2.23. The lowest BCUT2D eigenvalue weighted by atomic mass is 10.1. The number of carbonyl (C=O) groups is 1. The summed E-state index contributed by atoms with van der Waals surface area (Å²) in [6, 6.07) is 5.62. The quantitative estimate of drug-likeness (QED) is 0.892. The van der Waals surface area contributed by atoms with Crippen LogP contribution in [0.2, 0.25) is 0 Å². The van der Waals surface area contributed by atoms with Crippen LogP contribution in [0.1, 0.15) is 29.8 Å². The smallest absolute Gasteiger partial charge is 0.335 e. The van der Waals surface area contributed by atoms with Crippen molar-refractivity contribution < 1.29 is 9.90 Å². The lowest BCUT2D eigenvalue weighted by Gasteiger charge is -2.36. The molecule has 0 aliphatic carbocycles. The predicted molar refractivity (Wildman–Crippen MR) is 76.9 cm³/mol. The van der Waals surface area contributed by atoms with Gasteiger partial charge in [0.05, 0.1) is 5.56 Å². The molecule has 0 amide bonds.